The number of phenolic OH excluding ortho intramolecular Hbond substituents is 2. The van der Waals surface area contributed by atoms with Crippen LogP contribution in [0.15, 0.2) is 42.6 Å². The van der Waals surface area contributed by atoms with Crippen LogP contribution in [0.5, 0.6) is 11.5 Å². The monoisotopic (exact) mass is 258 g/mol. The van der Waals surface area contributed by atoms with Gasteiger partial charge in [-0.25, -0.2) is 0 Å². The molecule has 1 amide bonds. The number of nitrogens with one attached hydrogen (secondary N) is 1. The Hall–Kier alpha value is -2.56. The average Bonchev–Trinajstić information content (AvgIpc) is 2.42. The molecule has 1 unspecified atom stereocenters. The molecule has 1 aromatic carbocycles. The topological polar surface area (TPSA) is 82.5 Å². The molecular weight excluding hydrogens is 244 g/mol. The lowest BCUT2D eigenvalue weighted by molar-refractivity contribution is 0.0936. The number of pyridine rings is 1. The smallest absolute Gasteiger partial charge is 0.255 e. The first-order chi connectivity index (χ1) is 9.08. The minimum absolute atomic E-state index is 0.0304. The Kier molecular flexibility index (Phi) is 3.66. The SMILES string of the molecule is CC(NC(=O)c1cc(O)ccc1O)c1ccccn1. The molecule has 3 N–H and O–H groups in total. The molecule has 1 atom stereocenters. The molecule has 1 heterocycles. The number of aromatic hydroxyl groups is 2. The van der Waals surface area contributed by atoms with Crippen molar-refractivity contribution in [1.82, 2.24) is 10.3 Å². The van der Waals surface area contributed by atoms with Crippen molar-refractivity contribution in [2.24, 2.45) is 0 Å². The fraction of sp³-hybridized carbons (Fsp3) is 0.143. The van der Waals surface area contributed by atoms with Gasteiger partial charge < -0.3 is 15.5 Å². The summed E-state index contributed by atoms with van der Waals surface area (Å²) in [6.45, 7) is 1.79. The van der Waals surface area contributed by atoms with E-state index in [0.717, 1.165) is 5.69 Å². The molecule has 2 aromatic rings. The van der Waals surface area contributed by atoms with Gasteiger partial charge in [-0.05, 0) is 37.3 Å². The van der Waals surface area contributed by atoms with Gasteiger partial charge in [-0.2, -0.15) is 0 Å². The molecule has 0 saturated carbocycles. The van der Waals surface area contributed by atoms with Crippen LogP contribution < -0.4 is 5.32 Å². The van der Waals surface area contributed by atoms with Crippen molar-refractivity contribution in [2.45, 2.75) is 13.0 Å². The van der Waals surface area contributed by atoms with Gasteiger partial charge in [-0.3, -0.25) is 9.78 Å². The summed E-state index contributed by atoms with van der Waals surface area (Å²) in [5.41, 5.74) is 0.748. The largest absolute Gasteiger partial charge is 0.508 e. The standard InChI is InChI=1S/C14H14N2O3/c1-9(12-4-2-3-7-15-12)16-14(19)11-8-10(17)5-6-13(11)18/h2-9,17-18H,1H3,(H,16,19). The first-order valence-electron chi connectivity index (χ1n) is 5.81. The van der Waals surface area contributed by atoms with Gasteiger partial charge in [-0.1, -0.05) is 6.07 Å². The first kappa shape index (κ1) is 12.9. The van der Waals surface area contributed by atoms with E-state index in [9.17, 15) is 15.0 Å². The van der Waals surface area contributed by atoms with Gasteiger partial charge in [0.2, 0.25) is 0 Å². The molecule has 0 aliphatic carbocycles. The van der Waals surface area contributed by atoms with E-state index in [2.05, 4.69) is 10.3 Å². The molecule has 0 spiro atoms. The van der Waals surface area contributed by atoms with Crippen LogP contribution in [-0.2, 0) is 0 Å². The van der Waals surface area contributed by atoms with Gasteiger partial charge in [0.25, 0.3) is 5.91 Å². The maximum atomic E-state index is 12.0. The van der Waals surface area contributed by atoms with Crippen LogP contribution in [0.4, 0.5) is 0 Å². The Bertz CT molecular complexity index is 584. The molecular formula is C14H14N2O3. The summed E-state index contributed by atoms with van der Waals surface area (Å²) in [4.78, 5) is 16.1. The molecule has 2 rings (SSSR count). The van der Waals surface area contributed by atoms with Gasteiger partial charge in [0, 0.05) is 6.20 Å². The van der Waals surface area contributed by atoms with E-state index in [1.54, 1.807) is 25.3 Å². The van der Waals surface area contributed by atoms with Crippen LogP contribution in [0.2, 0.25) is 0 Å². The van der Waals surface area contributed by atoms with E-state index >= 15 is 0 Å². The fourth-order valence-corrected chi connectivity index (χ4v) is 1.69. The zero-order valence-electron chi connectivity index (χ0n) is 10.4. The third-order valence-corrected chi connectivity index (χ3v) is 2.70. The summed E-state index contributed by atoms with van der Waals surface area (Å²) in [6, 6.07) is 8.93. The van der Waals surface area contributed by atoms with E-state index in [1.807, 2.05) is 6.07 Å². The number of nitrogens with zero attached hydrogens (tertiary/aromatic N) is 1. The quantitative estimate of drug-likeness (QED) is 0.735. The molecule has 0 radical (unpaired) electrons. The normalized spacial score (nSPS) is 11.8. The first-order valence-corrected chi connectivity index (χ1v) is 5.81. The zero-order chi connectivity index (χ0) is 13.8. The minimum atomic E-state index is -0.466. The number of benzene rings is 1. The third kappa shape index (κ3) is 3.01. The van der Waals surface area contributed by atoms with E-state index < -0.39 is 5.91 Å². The molecule has 0 saturated heterocycles. The number of hydrogen-bond donors (Lipinski definition) is 3. The zero-order valence-corrected chi connectivity index (χ0v) is 10.4. The fourth-order valence-electron chi connectivity index (χ4n) is 1.69. The summed E-state index contributed by atoms with van der Waals surface area (Å²) in [6.07, 6.45) is 1.64. The maximum absolute atomic E-state index is 12.0. The number of carbonyl (C=O) groups is 1. The second kappa shape index (κ2) is 5.39. The molecule has 19 heavy (non-hydrogen) atoms. The van der Waals surface area contributed by atoms with E-state index in [-0.39, 0.29) is 23.1 Å². The van der Waals surface area contributed by atoms with Crippen LogP contribution in [0, 0.1) is 0 Å². The van der Waals surface area contributed by atoms with E-state index in [0.29, 0.717) is 0 Å². The van der Waals surface area contributed by atoms with Gasteiger partial charge in [0.1, 0.15) is 11.5 Å². The van der Waals surface area contributed by atoms with Crippen LogP contribution >= 0.6 is 0 Å². The van der Waals surface area contributed by atoms with Crippen molar-refractivity contribution >= 4 is 5.91 Å². The molecule has 5 heteroatoms. The lowest BCUT2D eigenvalue weighted by atomic mass is 10.1. The molecule has 98 valence electrons. The summed E-state index contributed by atoms with van der Waals surface area (Å²) in [5.74, 6) is -0.719. The maximum Gasteiger partial charge on any atom is 0.255 e. The van der Waals surface area contributed by atoms with Gasteiger partial charge in [0.05, 0.1) is 17.3 Å². The average molecular weight is 258 g/mol. The van der Waals surface area contributed by atoms with Crippen molar-refractivity contribution < 1.29 is 15.0 Å². The Morgan fingerprint density at radius 2 is 2.05 bits per heavy atom. The van der Waals surface area contributed by atoms with Crippen molar-refractivity contribution in [3.8, 4) is 11.5 Å². The highest BCUT2D eigenvalue weighted by Crippen LogP contribution is 2.22. The molecule has 0 aliphatic rings. The third-order valence-electron chi connectivity index (χ3n) is 2.70. The molecule has 5 nitrogen and oxygen atoms in total. The van der Waals surface area contributed by atoms with E-state index in [1.165, 1.54) is 18.2 Å². The number of aromatic nitrogens is 1. The summed E-state index contributed by atoms with van der Waals surface area (Å²) >= 11 is 0. The van der Waals surface area contributed by atoms with Gasteiger partial charge in [0.15, 0.2) is 0 Å². The molecule has 1 aromatic heterocycles. The Balaban J connectivity index is 2.15. The highest BCUT2D eigenvalue weighted by atomic mass is 16.3. The number of amides is 1. The second-order valence-electron chi connectivity index (χ2n) is 4.15. The van der Waals surface area contributed by atoms with Crippen molar-refractivity contribution in [2.75, 3.05) is 0 Å². The predicted molar refractivity (Wildman–Crippen MR) is 69.9 cm³/mol. The number of hydrogen-bond acceptors (Lipinski definition) is 4. The van der Waals surface area contributed by atoms with Gasteiger partial charge in [-0.15, -0.1) is 0 Å². The predicted octanol–water partition coefficient (Wildman–Crippen LogP) is 1.98. The Labute approximate surface area is 110 Å². The van der Waals surface area contributed by atoms with Crippen molar-refractivity contribution in [3.63, 3.8) is 0 Å². The van der Waals surface area contributed by atoms with Crippen molar-refractivity contribution in [3.05, 3.63) is 53.9 Å². The summed E-state index contributed by atoms with van der Waals surface area (Å²) in [7, 11) is 0. The summed E-state index contributed by atoms with van der Waals surface area (Å²) in [5, 5.41) is 21.6. The number of phenols is 2. The van der Waals surface area contributed by atoms with Crippen LogP contribution in [0.1, 0.15) is 29.0 Å². The summed E-state index contributed by atoms with van der Waals surface area (Å²) < 4.78 is 0. The minimum Gasteiger partial charge on any atom is -0.508 e. The van der Waals surface area contributed by atoms with Crippen LogP contribution in [0.25, 0.3) is 0 Å². The molecule has 0 fully saturated rings. The lowest BCUT2D eigenvalue weighted by Gasteiger charge is -2.14. The van der Waals surface area contributed by atoms with Crippen LogP contribution in [0.3, 0.4) is 0 Å². The lowest BCUT2D eigenvalue weighted by Crippen LogP contribution is -2.27. The van der Waals surface area contributed by atoms with E-state index in [4.69, 9.17) is 0 Å². The highest BCUT2D eigenvalue weighted by Gasteiger charge is 2.15. The molecule has 0 bridgehead atoms. The second-order valence-corrected chi connectivity index (χ2v) is 4.15. The van der Waals surface area contributed by atoms with Crippen LogP contribution in [-0.4, -0.2) is 21.1 Å². The highest BCUT2D eigenvalue weighted by molar-refractivity contribution is 5.97. The van der Waals surface area contributed by atoms with Gasteiger partial charge >= 0.3 is 0 Å². The van der Waals surface area contributed by atoms with Crippen molar-refractivity contribution in [1.29, 1.82) is 0 Å². The Morgan fingerprint density at radius 1 is 1.26 bits per heavy atom. The number of rotatable bonds is 3. The molecule has 0 aliphatic heterocycles. The Morgan fingerprint density at radius 3 is 2.74 bits per heavy atom. The number of carbonyl (C=O) groups excluding carboxylic acids is 1.